The predicted molar refractivity (Wildman–Crippen MR) is 204 cm³/mol. The van der Waals surface area contributed by atoms with Crippen molar-refractivity contribution in [2.24, 2.45) is 0 Å². The Morgan fingerprint density at radius 2 is 0.920 bits per heavy atom. The molecule has 7 aromatic carbocycles. The van der Waals surface area contributed by atoms with E-state index in [1.54, 1.807) is 6.20 Å². The Kier molecular flexibility index (Phi) is 5.60. The highest BCUT2D eigenvalue weighted by atomic mass is 16.3. The molecule has 0 N–H and O–H groups in total. The zero-order chi connectivity index (χ0) is 32.8. The molecule has 0 spiro atoms. The fourth-order valence-electron chi connectivity index (χ4n) is 7.68. The summed E-state index contributed by atoms with van der Waals surface area (Å²) in [6.07, 6.45) is 3.62. The minimum Gasteiger partial charge on any atom is -0.456 e. The van der Waals surface area contributed by atoms with E-state index in [0.29, 0.717) is 0 Å². The number of hydrogen-bond donors (Lipinski definition) is 0. The number of hydrogen-bond acceptors (Lipinski definition) is 5. The van der Waals surface area contributed by atoms with Crippen LogP contribution in [0.5, 0.6) is 0 Å². The first-order valence-corrected chi connectivity index (χ1v) is 16.7. The molecule has 0 saturated heterocycles. The fraction of sp³-hybridized carbons (Fsp3) is 0. The van der Waals surface area contributed by atoms with Crippen LogP contribution in [0.2, 0.25) is 0 Å². The van der Waals surface area contributed by atoms with Gasteiger partial charge in [-0.2, -0.15) is 0 Å². The Bertz CT molecular complexity index is 3000. The zero-order valence-corrected chi connectivity index (χ0v) is 26.6. The van der Waals surface area contributed by atoms with Crippen molar-refractivity contribution in [1.82, 2.24) is 4.98 Å². The SMILES string of the molecule is c1ccc2c(c1)oc1ccc(N(c3ccc(-c4cc5oc6cnccc6c5c5ccccc45)cc3)c3ccc4oc5ccccc5c4c3)cc12. The molecule has 4 aromatic heterocycles. The summed E-state index contributed by atoms with van der Waals surface area (Å²) in [5, 5.41) is 8.89. The van der Waals surface area contributed by atoms with Gasteiger partial charge in [0.1, 0.15) is 27.9 Å². The van der Waals surface area contributed by atoms with Crippen molar-refractivity contribution >= 4 is 93.7 Å². The lowest BCUT2D eigenvalue weighted by atomic mass is 9.95. The van der Waals surface area contributed by atoms with Gasteiger partial charge < -0.3 is 18.2 Å². The minimum atomic E-state index is 0.792. The molecule has 0 aliphatic rings. The Hall–Kier alpha value is -6.85. The molecule has 0 saturated carbocycles. The van der Waals surface area contributed by atoms with Crippen molar-refractivity contribution in [2.45, 2.75) is 0 Å². The fourth-order valence-corrected chi connectivity index (χ4v) is 7.68. The van der Waals surface area contributed by atoms with Crippen molar-refractivity contribution < 1.29 is 13.3 Å². The van der Waals surface area contributed by atoms with Crippen LogP contribution in [0.3, 0.4) is 0 Å². The number of rotatable bonds is 4. The van der Waals surface area contributed by atoms with Crippen molar-refractivity contribution in [3.63, 3.8) is 0 Å². The van der Waals surface area contributed by atoms with Gasteiger partial charge in [-0.25, -0.2) is 0 Å². The first-order chi connectivity index (χ1) is 24.8. The van der Waals surface area contributed by atoms with Crippen LogP contribution in [0.1, 0.15) is 0 Å². The molecule has 0 unspecified atom stereocenters. The van der Waals surface area contributed by atoms with Gasteiger partial charge in [0.15, 0.2) is 5.58 Å². The van der Waals surface area contributed by atoms with Gasteiger partial charge in [-0.1, -0.05) is 72.8 Å². The molecule has 0 aliphatic heterocycles. The number of nitrogens with zero attached hydrogens (tertiary/aromatic N) is 2. The molecule has 0 fully saturated rings. The standard InChI is InChI=1S/C45H26N2O3/c1-2-10-34-31(7-1)36(25-43-45(34)35-21-22-46-26-44(35)50-43)27-13-15-28(16-14-27)47(29-17-19-41-37(23-29)32-8-3-5-11-39(32)48-41)30-18-20-42-38(24-30)33-9-4-6-12-40(33)49-42/h1-26H. The maximum atomic E-state index is 6.33. The molecule has 0 amide bonds. The third-order valence-electron chi connectivity index (χ3n) is 9.96. The Labute approximate surface area is 285 Å². The topological polar surface area (TPSA) is 55.6 Å². The first-order valence-electron chi connectivity index (χ1n) is 16.7. The maximum Gasteiger partial charge on any atom is 0.153 e. The van der Waals surface area contributed by atoms with E-state index < -0.39 is 0 Å². The van der Waals surface area contributed by atoms with Crippen LogP contribution in [0.15, 0.2) is 171 Å². The summed E-state index contributed by atoms with van der Waals surface area (Å²) in [5.74, 6) is 0. The molecule has 50 heavy (non-hydrogen) atoms. The Balaban J connectivity index is 1.10. The van der Waals surface area contributed by atoms with Crippen LogP contribution in [0, 0.1) is 0 Å². The molecule has 234 valence electrons. The van der Waals surface area contributed by atoms with Crippen molar-refractivity contribution in [3.8, 4) is 11.1 Å². The second-order valence-corrected chi connectivity index (χ2v) is 12.8. The van der Waals surface area contributed by atoms with Crippen LogP contribution in [0.25, 0.3) is 87.7 Å². The summed E-state index contributed by atoms with van der Waals surface area (Å²) in [4.78, 5) is 6.60. The molecule has 0 atom stereocenters. The van der Waals surface area contributed by atoms with Gasteiger partial charge in [-0.05, 0) is 94.7 Å². The average molecular weight is 643 g/mol. The van der Waals surface area contributed by atoms with Gasteiger partial charge in [0.2, 0.25) is 0 Å². The Morgan fingerprint density at radius 1 is 0.380 bits per heavy atom. The van der Waals surface area contributed by atoms with Crippen LogP contribution >= 0.6 is 0 Å². The highest BCUT2D eigenvalue weighted by molar-refractivity contribution is 6.22. The predicted octanol–water partition coefficient (Wildman–Crippen LogP) is 13.1. The van der Waals surface area contributed by atoms with E-state index in [1.165, 1.54) is 5.39 Å². The monoisotopic (exact) mass is 642 g/mol. The number of furan rings is 3. The largest absolute Gasteiger partial charge is 0.456 e. The molecule has 0 aliphatic carbocycles. The van der Waals surface area contributed by atoms with Crippen LogP contribution < -0.4 is 4.90 Å². The van der Waals surface area contributed by atoms with Crippen molar-refractivity contribution in [1.29, 1.82) is 0 Å². The Morgan fingerprint density at radius 3 is 1.58 bits per heavy atom. The van der Waals surface area contributed by atoms with Crippen LogP contribution in [-0.4, -0.2) is 4.98 Å². The van der Waals surface area contributed by atoms with E-state index in [0.717, 1.165) is 99.4 Å². The van der Waals surface area contributed by atoms with Crippen molar-refractivity contribution in [3.05, 3.63) is 158 Å². The summed E-state index contributed by atoms with van der Waals surface area (Å²) in [7, 11) is 0. The lowest BCUT2D eigenvalue weighted by molar-refractivity contribution is 0.667. The molecular formula is C45H26N2O3. The average Bonchev–Trinajstić information content (AvgIpc) is 3.86. The van der Waals surface area contributed by atoms with Gasteiger partial charge in [0, 0.05) is 55.6 Å². The molecule has 11 rings (SSSR count). The molecule has 4 heterocycles. The van der Waals surface area contributed by atoms with Gasteiger partial charge in [-0.15, -0.1) is 0 Å². The summed E-state index contributed by atoms with van der Waals surface area (Å²) in [6, 6.07) is 50.9. The van der Waals surface area contributed by atoms with E-state index in [2.05, 4.69) is 125 Å². The van der Waals surface area contributed by atoms with Gasteiger partial charge in [0.25, 0.3) is 0 Å². The lowest BCUT2D eigenvalue weighted by Gasteiger charge is -2.26. The highest BCUT2D eigenvalue weighted by Gasteiger charge is 2.19. The summed E-state index contributed by atoms with van der Waals surface area (Å²) in [5.41, 5.74) is 10.5. The van der Waals surface area contributed by atoms with E-state index in [1.807, 2.05) is 36.5 Å². The summed E-state index contributed by atoms with van der Waals surface area (Å²) < 4.78 is 18.7. The molecule has 0 bridgehead atoms. The molecule has 11 aromatic rings. The second-order valence-electron chi connectivity index (χ2n) is 12.8. The highest BCUT2D eigenvalue weighted by Crippen LogP contribution is 2.43. The second kappa shape index (κ2) is 10.3. The number of pyridine rings is 1. The zero-order valence-electron chi connectivity index (χ0n) is 26.6. The third-order valence-corrected chi connectivity index (χ3v) is 9.96. The molecule has 5 heteroatoms. The lowest BCUT2D eigenvalue weighted by Crippen LogP contribution is -2.09. The summed E-state index contributed by atoms with van der Waals surface area (Å²) in [6.45, 7) is 0. The van der Waals surface area contributed by atoms with E-state index in [9.17, 15) is 0 Å². The van der Waals surface area contributed by atoms with E-state index in [4.69, 9.17) is 13.3 Å². The first kappa shape index (κ1) is 27.1. The smallest absolute Gasteiger partial charge is 0.153 e. The van der Waals surface area contributed by atoms with E-state index >= 15 is 0 Å². The quantitative estimate of drug-likeness (QED) is 0.191. The number of anilines is 3. The number of fused-ring (bicyclic) bond motifs is 11. The van der Waals surface area contributed by atoms with Gasteiger partial charge >= 0.3 is 0 Å². The van der Waals surface area contributed by atoms with Crippen LogP contribution in [-0.2, 0) is 0 Å². The van der Waals surface area contributed by atoms with Crippen molar-refractivity contribution in [2.75, 3.05) is 4.90 Å². The number of benzene rings is 7. The van der Waals surface area contributed by atoms with Gasteiger partial charge in [-0.3, -0.25) is 4.98 Å². The van der Waals surface area contributed by atoms with Gasteiger partial charge in [0.05, 0.1) is 6.20 Å². The molecule has 0 radical (unpaired) electrons. The third kappa shape index (κ3) is 3.98. The maximum absolute atomic E-state index is 6.33. The minimum absolute atomic E-state index is 0.792. The number of para-hydroxylation sites is 2. The van der Waals surface area contributed by atoms with E-state index in [-0.39, 0.29) is 0 Å². The summed E-state index contributed by atoms with van der Waals surface area (Å²) >= 11 is 0. The number of aromatic nitrogens is 1. The molecule has 5 nitrogen and oxygen atoms in total. The normalized spacial score (nSPS) is 12.0. The molecular weight excluding hydrogens is 617 g/mol. The van der Waals surface area contributed by atoms with Crippen LogP contribution in [0.4, 0.5) is 17.1 Å².